The Labute approximate surface area is 74.1 Å². The molecule has 3 N–H and O–H groups in total. The molecule has 0 aliphatic rings. The van der Waals surface area contributed by atoms with Crippen molar-refractivity contribution in [2.75, 3.05) is 7.05 Å². The van der Waals surface area contributed by atoms with Gasteiger partial charge in [0.1, 0.15) is 0 Å². The SMILES string of the molecule is C[NH3+].[Cl][Pb][Cl].[I-]. The van der Waals surface area contributed by atoms with Gasteiger partial charge in [0.15, 0.2) is 0 Å². The van der Waals surface area contributed by atoms with Gasteiger partial charge in [-0.05, 0) is 0 Å². The first kappa shape index (κ1) is 15.7. The summed E-state index contributed by atoms with van der Waals surface area (Å²) in [5.74, 6) is 0. The van der Waals surface area contributed by atoms with E-state index in [9.17, 15) is 0 Å². The fraction of sp³-hybridized carbons (Fsp3) is 1.00. The molecule has 40 valence electrons. The minimum absolute atomic E-state index is 0. The van der Waals surface area contributed by atoms with E-state index in [0.717, 1.165) is 0 Å². The fourth-order valence-corrected chi connectivity index (χ4v) is 0. The first-order valence-electron chi connectivity index (χ1n) is 1.09. The molecule has 0 aromatic heterocycles. The molecule has 0 saturated carbocycles. The molecule has 0 unspecified atom stereocenters. The van der Waals surface area contributed by atoms with Crippen molar-refractivity contribution in [3.8, 4) is 0 Å². The van der Waals surface area contributed by atoms with Crippen molar-refractivity contribution in [1.29, 1.82) is 0 Å². The van der Waals surface area contributed by atoms with Crippen molar-refractivity contribution in [1.82, 2.24) is 0 Å². The first-order valence-corrected chi connectivity index (χ1v) is 10.7. The monoisotopic (exact) mass is 437 g/mol. The Morgan fingerprint density at radius 1 is 1.33 bits per heavy atom. The van der Waals surface area contributed by atoms with Crippen LogP contribution >= 0.6 is 16.6 Å². The molecule has 0 spiro atoms. The van der Waals surface area contributed by atoms with E-state index in [1.165, 1.54) is 0 Å². The van der Waals surface area contributed by atoms with Gasteiger partial charge < -0.3 is 29.7 Å². The third kappa shape index (κ3) is 34.7. The van der Waals surface area contributed by atoms with Crippen molar-refractivity contribution >= 4 is 38.4 Å². The van der Waals surface area contributed by atoms with Crippen molar-refractivity contribution in [2.45, 2.75) is 0 Å². The van der Waals surface area contributed by atoms with Gasteiger partial charge in [0.25, 0.3) is 0 Å². The number of halogens is 3. The molecule has 0 aromatic carbocycles. The molecule has 0 heterocycles. The minimum atomic E-state index is -0.972. The summed E-state index contributed by atoms with van der Waals surface area (Å²) in [6.45, 7) is 0. The molecule has 0 aliphatic carbocycles. The van der Waals surface area contributed by atoms with E-state index in [1.807, 2.05) is 0 Å². The summed E-state index contributed by atoms with van der Waals surface area (Å²) in [4.78, 5) is 0. The van der Waals surface area contributed by atoms with E-state index in [-0.39, 0.29) is 24.0 Å². The van der Waals surface area contributed by atoms with Crippen molar-refractivity contribution in [3.63, 3.8) is 0 Å². The topological polar surface area (TPSA) is 27.6 Å². The average molecular weight is 437 g/mol. The van der Waals surface area contributed by atoms with Gasteiger partial charge in [0.2, 0.25) is 0 Å². The zero-order valence-corrected chi connectivity index (χ0v) is 10.9. The molecule has 5 heteroatoms. The van der Waals surface area contributed by atoms with Gasteiger partial charge in [-0.2, -0.15) is 0 Å². The second-order valence-corrected chi connectivity index (χ2v) is 5.64. The van der Waals surface area contributed by atoms with Crippen LogP contribution in [0.2, 0.25) is 0 Å². The van der Waals surface area contributed by atoms with Crippen LogP contribution in [0, 0.1) is 0 Å². The second-order valence-electron chi connectivity index (χ2n) is 0.0714. The van der Waals surface area contributed by atoms with Crippen LogP contribution in [-0.2, 0) is 0 Å². The quantitative estimate of drug-likeness (QED) is 0.307. The normalized spacial score (nSPS) is 4.00. The van der Waals surface area contributed by atoms with E-state index in [2.05, 4.69) is 5.73 Å². The average Bonchev–Trinajstić information content (AvgIpc) is 1.46. The smallest absolute Gasteiger partial charge is 1.00 e. The Hall–Kier alpha value is 2.19. The van der Waals surface area contributed by atoms with Crippen LogP contribution in [0.5, 0.6) is 0 Å². The third-order valence-electron chi connectivity index (χ3n) is 0. The number of rotatable bonds is 0. The summed E-state index contributed by atoms with van der Waals surface area (Å²) in [5.41, 5.74) is 3.25. The van der Waals surface area contributed by atoms with Crippen LogP contribution in [-0.4, -0.2) is 28.8 Å². The maximum Gasteiger partial charge on any atom is -1.00 e. The standard InChI is InChI=1S/CH5N.2ClH.HI.Pb/c1-2;;;;/h2H2,1H3;3*1H;/q;;;;+2/p-2. The number of hydrogen-bond acceptors (Lipinski definition) is 0. The van der Waals surface area contributed by atoms with Crippen LogP contribution in [0.25, 0.3) is 0 Å². The van der Waals surface area contributed by atoms with E-state index in [0.29, 0.717) is 0 Å². The summed E-state index contributed by atoms with van der Waals surface area (Å²) in [6.07, 6.45) is 0. The van der Waals surface area contributed by atoms with Gasteiger partial charge in [-0.15, -0.1) is 0 Å². The summed E-state index contributed by atoms with van der Waals surface area (Å²) in [7, 11) is 11.7. The fourth-order valence-electron chi connectivity index (χ4n) is 0. The molecule has 2 radical (unpaired) electrons. The van der Waals surface area contributed by atoms with Gasteiger partial charge in [-0.25, -0.2) is 0 Å². The molecule has 0 fully saturated rings. The van der Waals surface area contributed by atoms with Gasteiger partial charge >= 0.3 is 38.4 Å². The molecule has 1 nitrogen and oxygen atoms in total. The molecular weight excluding hydrogens is 431 g/mol. The second kappa shape index (κ2) is 27.1. The Balaban J connectivity index is -0.0000000275. The number of hydrogen-bond donors (Lipinski definition) is 1. The van der Waals surface area contributed by atoms with Crippen molar-refractivity contribution in [2.24, 2.45) is 0 Å². The third-order valence-corrected chi connectivity index (χ3v) is 0. The molecule has 0 aromatic rings. The zero-order chi connectivity index (χ0) is 4.71. The molecule has 6 heavy (non-hydrogen) atoms. The molecule has 0 saturated heterocycles. The summed E-state index contributed by atoms with van der Waals surface area (Å²) >= 11 is -0.972. The molecular formula is CH6Cl2INPb. The van der Waals surface area contributed by atoms with E-state index >= 15 is 0 Å². The van der Waals surface area contributed by atoms with Crippen LogP contribution in [0.4, 0.5) is 0 Å². The summed E-state index contributed by atoms with van der Waals surface area (Å²) < 4.78 is 0. The molecule has 0 atom stereocenters. The predicted molar refractivity (Wildman–Crippen MR) is 26.3 cm³/mol. The molecule has 0 amide bonds. The Morgan fingerprint density at radius 2 is 1.33 bits per heavy atom. The Morgan fingerprint density at radius 3 is 1.33 bits per heavy atom. The predicted octanol–water partition coefficient (Wildman–Crippen LogP) is -3.14. The maximum absolute atomic E-state index is 4.96. The van der Waals surface area contributed by atoms with Crippen molar-refractivity contribution < 1.29 is 29.7 Å². The Kier molecular flexibility index (Phi) is 70.9. The van der Waals surface area contributed by atoms with Crippen molar-refractivity contribution in [3.05, 3.63) is 0 Å². The van der Waals surface area contributed by atoms with Crippen LogP contribution in [0.3, 0.4) is 0 Å². The van der Waals surface area contributed by atoms with Gasteiger partial charge in [-0.1, -0.05) is 0 Å². The van der Waals surface area contributed by atoms with Gasteiger partial charge in [0, 0.05) is 0 Å². The Bertz CT molecular complexity index is 13.5. The molecule has 0 rings (SSSR count). The number of quaternary nitrogens is 1. The maximum atomic E-state index is 4.96. The minimum Gasteiger partial charge on any atom is -1.00 e. The molecule has 0 aliphatic heterocycles. The van der Waals surface area contributed by atoms with Gasteiger partial charge in [-0.3, -0.25) is 0 Å². The van der Waals surface area contributed by atoms with Crippen LogP contribution < -0.4 is 29.7 Å². The van der Waals surface area contributed by atoms with E-state index in [4.69, 9.17) is 16.6 Å². The summed E-state index contributed by atoms with van der Waals surface area (Å²) in [5, 5.41) is 0. The largest absolute Gasteiger partial charge is 1.00 e. The first-order chi connectivity index (χ1) is 2.41. The van der Waals surface area contributed by atoms with E-state index < -0.39 is 21.8 Å². The summed E-state index contributed by atoms with van der Waals surface area (Å²) in [6, 6.07) is 0. The molecule has 0 bridgehead atoms. The van der Waals surface area contributed by atoms with E-state index in [1.54, 1.807) is 7.05 Å². The van der Waals surface area contributed by atoms with Crippen LogP contribution in [0.1, 0.15) is 0 Å². The van der Waals surface area contributed by atoms with Crippen LogP contribution in [0.15, 0.2) is 0 Å². The van der Waals surface area contributed by atoms with Gasteiger partial charge in [0.05, 0.1) is 7.05 Å². The zero-order valence-electron chi connectivity index (χ0n) is 3.34.